The van der Waals surface area contributed by atoms with Gasteiger partial charge in [-0.15, -0.1) is 0 Å². The Labute approximate surface area is 135 Å². The minimum Gasteiger partial charge on any atom is -0.495 e. The quantitative estimate of drug-likeness (QED) is 0.906. The van der Waals surface area contributed by atoms with Crippen LogP contribution in [0.2, 0.25) is 5.02 Å². The molecule has 0 unspecified atom stereocenters. The average Bonchev–Trinajstić information content (AvgIpc) is 2.49. The van der Waals surface area contributed by atoms with Crippen molar-refractivity contribution in [2.24, 2.45) is 0 Å². The first kappa shape index (κ1) is 16.2. The third-order valence-electron chi connectivity index (χ3n) is 3.28. The Morgan fingerprint density at radius 2 is 1.91 bits per heavy atom. The maximum Gasteiger partial charge on any atom is 0.262 e. The van der Waals surface area contributed by atoms with Crippen LogP contribution in [0.25, 0.3) is 0 Å². The fraction of sp³-hybridized carbons (Fsp3) is 0.235. The van der Waals surface area contributed by atoms with Crippen molar-refractivity contribution < 1.29 is 14.3 Å². The Kier molecular flexibility index (Phi) is 5.28. The zero-order valence-electron chi connectivity index (χ0n) is 12.8. The van der Waals surface area contributed by atoms with Crippen LogP contribution in [0, 0.1) is 13.8 Å². The van der Waals surface area contributed by atoms with Crippen LogP contribution in [0.5, 0.6) is 11.5 Å². The molecule has 1 N–H and O–H groups in total. The molecule has 0 fully saturated rings. The fourth-order valence-corrected chi connectivity index (χ4v) is 2.15. The molecule has 116 valence electrons. The van der Waals surface area contributed by atoms with Crippen LogP contribution in [0.4, 0.5) is 5.69 Å². The van der Waals surface area contributed by atoms with Crippen LogP contribution in [0.15, 0.2) is 36.4 Å². The van der Waals surface area contributed by atoms with E-state index in [1.54, 1.807) is 18.2 Å². The molecule has 0 saturated heterocycles. The molecule has 0 aliphatic rings. The Hall–Kier alpha value is -2.20. The summed E-state index contributed by atoms with van der Waals surface area (Å²) in [7, 11) is 1.54. The van der Waals surface area contributed by atoms with Crippen LogP contribution >= 0.6 is 11.6 Å². The van der Waals surface area contributed by atoms with Crippen molar-refractivity contribution in [3.8, 4) is 11.5 Å². The molecule has 22 heavy (non-hydrogen) atoms. The van der Waals surface area contributed by atoms with Gasteiger partial charge >= 0.3 is 0 Å². The first-order valence-electron chi connectivity index (χ1n) is 6.83. The second-order valence-electron chi connectivity index (χ2n) is 4.93. The molecule has 2 aromatic carbocycles. The molecule has 1 amide bonds. The molecule has 0 spiro atoms. The van der Waals surface area contributed by atoms with Crippen LogP contribution in [0.3, 0.4) is 0 Å². The van der Waals surface area contributed by atoms with Gasteiger partial charge in [0.2, 0.25) is 0 Å². The van der Waals surface area contributed by atoms with Crippen molar-refractivity contribution in [3.63, 3.8) is 0 Å². The number of rotatable bonds is 5. The summed E-state index contributed by atoms with van der Waals surface area (Å²) in [5, 5.41) is 3.17. The number of methoxy groups -OCH3 is 1. The standard InChI is InChI=1S/C17H18ClNO3/c1-11-4-6-14(8-12(11)2)22-10-17(20)19-13-5-7-16(21-3)15(18)9-13/h4-9H,10H2,1-3H3,(H,19,20). The molecule has 0 saturated carbocycles. The number of amides is 1. The average molecular weight is 320 g/mol. The molecular weight excluding hydrogens is 302 g/mol. The van der Waals surface area contributed by atoms with Crippen molar-refractivity contribution in [1.82, 2.24) is 0 Å². The molecule has 2 rings (SSSR count). The molecule has 0 bridgehead atoms. The molecule has 0 atom stereocenters. The highest BCUT2D eigenvalue weighted by Gasteiger charge is 2.07. The lowest BCUT2D eigenvalue weighted by Crippen LogP contribution is -2.20. The topological polar surface area (TPSA) is 47.6 Å². The van der Waals surface area contributed by atoms with Gasteiger partial charge in [0.25, 0.3) is 5.91 Å². The van der Waals surface area contributed by atoms with E-state index in [1.165, 1.54) is 12.7 Å². The van der Waals surface area contributed by atoms with Crippen LogP contribution in [-0.4, -0.2) is 19.6 Å². The van der Waals surface area contributed by atoms with Gasteiger partial charge in [-0.25, -0.2) is 0 Å². The zero-order valence-corrected chi connectivity index (χ0v) is 13.5. The van der Waals surface area contributed by atoms with Gasteiger partial charge < -0.3 is 14.8 Å². The molecule has 0 radical (unpaired) electrons. The number of hydrogen-bond donors (Lipinski definition) is 1. The van der Waals surface area contributed by atoms with Gasteiger partial charge in [0.15, 0.2) is 6.61 Å². The number of hydrogen-bond acceptors (Lipinski definition) is 3. The zero-order chi connectivity index (χ0) is 16.1. The van der Waals surface area contributed by atoms with E-state index in [0.29, 0.717) is 22.2 Å². The highest BCUT2D eigenvalue weighted by atomic mass is 35.5. The Balaban J connectivity index is 1.92. The van der Waals surface area contributed by atoms with E-state index < -0.39 is 0 Å². The number of benzene rings is 2. The Morgan fingerprint density at radius 3 is 2.55 bits per heavy atom. The minimum absolute atomic E-state index is 0.0633. The van der Waals surface area contributed by atoms with Crippen LogP contribution < -0.4 is 14.8 Å². The molecule has 4 nitrogen and oxygen atoms in total. The Bertz CT molecular complexity index is 686. The predicted octanol–water partition coefficient (Wildman–Crippen LogP) is 3.98. The molecule has 5 heteroatoms. The summed E-state index contributed by atoms with van der Waals surface area (Å²) in [5.41, 5.74) is 2.91. The number of carbonyl (C=O) groups is 1. The van der Waals surface area contributed by atoms with E-state index in [1.807, 2.05) is 32.0 Å². The number of anilines is 1. The van der Waals surface area contributed by atoms with Crippen LogP contribution in [-0.2, 0) is 4.79 Å². The van der Waals surface area contributed by atoms with Gasteiger partial charge in [-0.1, -0.05) is 17.7 Å². The number of halogens is 1. The van der Waals surface area contributed by atoms with E-state index in [9.17, 15) is 4.79 Å². The van der Waals surface area contributed by atoms with Crippen LogP contribution in [0.1, 0.15) is 11.1 Å². The van der Waals surface area contributed by atoms with E-state index in [2.05, 4.69) is 5.32 Å². The normalized spacial score (nSPS) is 10.2. The van der Waals surface area contributed by atoms with E-state index >= 15 is 0 Å². The molecule has 2 aromatic rings. The van der Waals surface area contributed by atoms with Gasteiger partial charge in [0.05, 0.1) is 12.1 Å². The number of ether oxygens (including phenoxy) is 2. The van der Waals surface area contributed by atoms with Gasteiger partial charge in [-0.3, -0.25) is 4.79 Å². The lowest BCUT2D eigenvalue weighted by molar-refractivity contribution is -0.118. The third-order valence-corrected chi connectivity index (χ3v) is 3.58. The predicted molar refractivity (Wildman–Crippen MR) is 88.0 cm³/mol. The summed E-state index contributed by atoms with van der Waals surface area (Å²) in [6.45, 7) is 3.97. The van der Waals surface area contributed by atoms with Gasteiger partial charge in [0.1, 0.15) is 11.5 Å². The SMILES string of the molecule is COc1ccc(NC(=O)COc2ccc(C)c(C)c2)cc1Cl. The van der Waals surface area contributed by atoms with Gasteiger partial charge in [-0.05, 0) is 55.3 Å². The number of aryl methyl sites for hydroxylation is 2. The smallest absolute Gasteiger partial charge is 0.262 e. The van der Waals surface area contributed by atoms with Crippen molar-refractivity contribution in [2.75, 3.05) is 19.0 Å². The van der Waals surface area contributed by atoms with E-state index in [-0.39, 0.29) is 12.5 Å². The minimum atomic E-state index is -0.250. The lowest BCUT2D eigenvalue weighted by atomic mass is 10.1. The number of carbonyl (C=O) groups excluding carboxylic acids is 1. The van der Waals surface area contributed by atoms with Crippen molar-refractivity contribution in [3.05, 3.63) is 52.5 Å². The second kappa shape index (κ2) is 7.18. The maximum absolute atomic E-state index is 11.9. The molecule has 0 aromatic heterocycles. The Morgan fingerprint density at radius 1 is 1.14 bits per heavy atom. The van der Waals surface area contributed by atoms with Crippen molar-refractivity contribution in [2.45, 2.75) is 13.8 Å². The molecular formula is C17H18ClNO3. The summed E-state index contributed by atoms with van der Waals surface area (Å²) in [6.07, 6.45) is 0. The second-order valence-corrected chi connectivity index (χ2v) is 5.34. The molecule has 0 aliphatic heterocycles. The molecule has 0 aliphatic carbocycles. The van der Waals surface area contributed by atoms with E-state index in [4.69, 9.17) is 21.1 Å². The van der Waals surface area contributed by atoms with E-state index in [0.717, 1.165) is 5.56 Å². The first-order chi connectivity index (χ1) is 10.5. The number of nitrogens with one attached hydrogen (secondary N) is 1. The lowest BCUT2D eigenvalue weighted by Gasteiger charge is -2.10. The third kappa shape index (κ3) is 4.15. The largest absolute Gasteiger partial charge is 0.495 e. The monoisotopic (exact) mass is 319 g/mol. The van der Waals surface area contributed by atoms with Gasteiger partial charge in [0, 0.05) is 5.69 Å². The maximum atomic E-state index is 11.9. The highest BCUT2D eigenvalue weighted by molar-refractivity contribution is 6.32. The van der Waals surface area contributed by atoms with Gasteiger partial charge in [-0.2, -0.15) is 0 Å². The van der Waals surface area contributed by atoms with Crippen molar-refractivity contribution >= 4 is 23.2 Å². The summed E-state index contributed by atoms with van der Waals surface area (Å²) in [4.78, 5) is 11.9. The summed E-state index contributed by atoms with van der Waals surface area (Å²) in [6, 6.07) is 10.8. The summed E-state index contributed by atoms with van der Waals surface area (Å²) >= 11 is 6.01. The first-order valence-corrected chi connectivity index (χ1v) is 7.21. The molecule has 0 heterocycles. The fourth-order valence-electron chi connectivity index (χ4n) is 1.89. The van der Waals surface area contributed by atoms with Crippen molar-refractivity contribution in [1.29, 1.82) is 0 Å². The summed E-state index contributed by atoms with van der Waals surface area (Å²) in [5.74, 6) is 0.983. The summed E-state index contributed by atoms with van der Waals surface area (Å²) < 4.78 is 10.5. The highest BCUT2D eigenvalue weighted by Crippen LogP contribution is 2.27.